The smallest absolute Gasteiger partial charge is 0.259 e. The van der Waals surface area contributed by atoms with Crippen molar-refractivity contribution in [2.24, 2.45) is 0 Å². The van der Waals surface area contributed by atoms with Crippen LogP contribution >= 0.6 is 11.3 Å². The van der Waals surface area contributed by atoms with Gasteiger partial charge >= 0.3 is 0 Å². The van der Waals surface area contributed by atoms with Crippen molar-refractivity contribution >= 4 is 33.5 Å². The number of anilines is 1. The van der Waals surface area contributed by atoms with Gasteiger partial charge in [-0.1, -0.05) is 53.7 Å². The van der Waals surface area contributed by atoms with Crippen LogP contribution in [0.4, 0.5) is 5.13 Å². The number of benzene rings is 1. The molecule has 1 N–H and O–H groups in total. The molecule has 4 aromatic rings. The van der Waals surface area contributed by atoms with Crippen molar-refractivity contribution < 1.29 is 9.32 Å². The second kappa shape index (κ2) is 6.64. The number of nitrogens with zero attached hydrogens (tertiary/aromatic N) is 4. The van der Waals surface area contributed by atoms with Gasteiger partial charge < -0.3 is 4.52 Å². The maximum atomic E-state index is 12.9. The lowest BCUT2D eigenvalue weighted by molar-refractivity contribution is 0.102. The maximum Gasteiger partial charge on any atom is 0.259 e. The van der Waals surface area contributed by atoms with Gasteiger partial charge in [0.1, 0.15) is 5.01 Å². The normalized spacial score (nSPS) is 11.0. The van der Waals surface area contributed by atoms with Gasteiger partial charge in [0.25, 0.3) is 11.6 Å². The molecule has 0 fully saturated rings. The number of fused-ring (bicyclic) bond motifs is 1. The number of amides is 1. The molecule has 0 spiro atoms. The number of carbonyl (C=O) groups excluding carboxylic acids is 1. The van der Waals surface area contributed by atoms with E-state index >= 15 is 0 Å². The Morgan fingerprint density at radius 2 is 2.04 bits per heavy atom. The number of aryl methyl sites for hydroxylation is 2. The average molecular weight is 365 g/mol. The van der Waals surface area contributed by atoms with Crippen LogP contribution in [-0.2, 0) is 6.42 Å². The van der Waals surface area contributed by atoms with Gasteiger partial charge in [-0.2, -0.15) is 0 Å². The monoisotopic (exact) mass is 365 g/mol. The Balaban J connectivity index is 1.79. The number of rotatable bonds is 4. The number of aromatic nitrogens is 4. The molecule has 8 heteroatoms. The Labute approximate surface area is 153 Å². The van der Waals surface area contributed by atoms with E-state index in [9.17, 15) is 4.79 Å². The standard InChI is InChI=1S/C18H15N5O2S/c1-3-14-21-22-18(26-14)20-16(24)12-9-13(11-7-5-4-6-8-11)19-17-15(12)10(2)23-25-17/h4-9H,3H2,1-2H3,(H,20,22,24). The van der Waals surface area contributed by atoms with Crippen molar-refractivity contribution in [2.75, 3.05) is 5.32 Å². The van der Waals surface area contributed by atoms with Crippen molar-refractivity contribution in [3.63, 3.8) is 0 Å². The Kier molecular flexibility index (Phi) is 4.18. The van der Waals surface area contributed by atoms with E-state index in [1.165, 1.54) is 11.3 Å². The minimum absolute atomic E-state index is 0.292. The van der Waals surface area contributed by atoms with Crippen molar-refractivity contribution in [2.45, 2.75) is 20.3 Å². The molecule has 3 aromatic heterocycles. The van der Waals surface area contributed by atoms with E-state index in [0.717, 1.165) is 17.0 Å². The predicted molar refractivity (Wildman–Crippen MR) is 99.2 cm³/mol. The number of hydrogen-bond donors (Lipinski definition) is 1. The maximum absolute atomic E-state index is 12.9. The van der Waals surface area contributed by atoms with Gasteiger partial charge in [-0.25, -0.2) is 4.98 Å². The lowest BCUT2D eigenvalue weighted by Gasteiger charge is -2.06. The molecule has 0 aliphatic heterocycles. The zero-order valence-corrected chi connectivity index (χ0v) is 15.0. The molecule has 0 unspecified atom stereocenters. The molecular weight excluding hydrogens is 350 g/mol. The summed E-state index contributed by atoms with van der Waals surface area (Å²) in [5.74, 6) is -0.292. The first-order valence-electron chi connectivity index (χ1n) is 8.12. The predicted octanol–water partition coefficient (Wildman–Crippen LogP) is 3.86. The third-order valence-corrected chi connectivity index (χ3v) is 4.90. The van der Waals surface area contributed by atoms with E-state index in [2.05, 4.69) is 25.7 Å². The molecule has 130 valence electrons. The summed E-state index contributed by atoms with van der Waals surface area (Å²) in [6.07, 6.45) is 0.774. The molecule has 0 saturated heterocycles. The third kappa shape index (κ3) is 2.95. The summed E-state index contributed by atoms with van der Waals surface area (Å²) in [6.45, 7) is 3.78. The molecule has 1 aromatic carbocycles. The Morgan fingerprint density at radius 3 is 2.77 bits per heavy atom. The van der Waals surface area contributed by atoms with Crippen LogP contribution in [-0.4, -0.2) is 26.2 Å². The molecule has 0 saturated carbocycles. The van der Waals surface area contributed by atoms with E-state index in [-0.39, 0.29) is 5.91 Å². The Hall–Kier alpha value is -3.13. The molecule has 0 aliphatic carbocycles. The molecule has 1 amide bonds. The van der Waals surface area contributed by atoms with E-state index in [1.807, 2.05) is 37.3 Å². The minimum atomic E-state index is -0.292. The molecular formula is C18H15N5O2S. The highest BCUT2D eigenvalue weighted by Crippen LogP contribution is 2.28. The van der Waals surface area contributed by atoms with Crippen LogP contribution in [0.25, 0.3) is 22.4 Å². The molecule has 4 rings (SSSR count). The van der Waals surface area contributed by atoms with Gasteiger partial charge in [0.2, 0.25) is 5.13 Å². The van der Waals surface area contributed by atoms with Crippen LogP contribution < -0.4 is 5.32 Å². The SMILES string of the molecule is CCc1nnc(NC(=O)c2cc(-c3ccccc3)nc3onc(C)c23)s1. The Bertz CT molecular complexity index is 1090. The summed E-state index contributed by atoms with van der Waals surface area (Å²) >= 11 is 1.36. The fourth-order valence-corrected chi connectivity index (χ4v) is 3.32. The van der Waals surface area contributed by atoms with Crippen LogP contribution in [0.5, 0.6) is 0 Å². The molecule has 0 radical (unpaired) electrons. The summed E-state index contributed by atoms with van der Waals surface area (Å²) in [4.78, 5) is 17.4. The fraction of sp³-hybridized carbons (Fsp3) is 0.167. The zero-order chi connectivity index (χ0) is 18.1. The largest absolute Gasteiger partial charge is 0.335 e. The van der Waals surface area contributed by atoms with E-state index < -0.39 is 0 Å². The van der Waals surface area contributed by atoms with Crippen LogP contribution in [0.1, 0.15) is 28.0 Å². The second-order valence-corrected chi connectivity index (χ2v) is 6.74. The zero-order valence-electron chi connectivity index (χ0n) is 14.2. The van der Waals surface area contributed by atoms with E-state index in [4.69, 9.17) is 4.52 Å². The number of pyridine rings is 1. The van der Waals surface area contributed by atoms with Gasteiger partial charge in [0.15, 0.2) is 0 Å². The van der Waals surface area contributed by atoms with Crippen LogP contribution in [0, 0.1) is 6.92 Å². The lowest BCUT2D eigenvalue weighted by Crippen LogP contribution is -2.13. The highest BCUT2D eigenvalue weighted by Gasteiger charge is 2.20. The molecule has 0 bridgehead atoms. The Morgan fingerprint density at radius 1 is 1.23 bits per heavy atom. The van der Waals surface area contributed by atoms with Gasteiger partial charge in [0.05, 0.1) is 22.3 Å². The molecule has 7 nitrogen and oxygen atoms in total. The first-order valence-corrected chi connectivity index (χ1v) is 8.93. The molecule has 0 aliphatic rings. The van der Waals surface area contributed by atoms with Crippen LogP contribution in [0.15, 0.2) is 40.9 Å². The van der Waals surface area contributed by atoms with Gasteiger partial charge in [-0.15, -0.1) is 10.2 Å². The van der Waals surface area contributed by atoms with Gasteiger partial charge in [0, 0.05) is 5.56 Å². The average Bonchev–Trinajstić information content (AvgIpc) is 3.28. The molecule has 3 heterocycles. The van der Waals surface area contributed by atoms with E-state index in [1.54, 1.807) is 13.0 Å². The van der Waals surface area contributed by atoms with Gasteiger partial charge in [-0.3, -0.25) is 10.1 Å². The molecule has 0 atom stereocenters. The van der Waals surface area contributed by atoms with Crippen LogP contribution in [0.3, 0.4) is 0 Å². The number of hydrogen-bond acceptors (Lipinski definition) is 7. The summed E-state index contributed by atoms with van der Waals surface area (Å²) in [5, 5.41) is 16.7. The summed E-state index contributed by atoms with van der Waals surface area (Å²) in [5.41, 5.74) is 2.93. The van der Waals surface area contributed by atoms with Crippen molar-refractivity contribution in [1.82, 2.24) is 20.3 Å². The summed E-state index contributed by atoms with van der Waals surface area (Å²) in [6, 6.07) is 11.4. The summed E-state index contributed by atoms with van der Waals surface area (Å²) in [7, 11) is 0. The summed E-state index contributed by atoms with van der Waals surface area (Å²) < 4.78 is 5.31. The second-order valence-electron chi connectivity index (χ2n) is 5.68. The van der Waals surface area contributed by atoms with Crippen molar-refractivity contribution in [3.8, 4) is 11.3 Å². The first-order chi connectivity index (χ1) is 12.7. The molecule has 26 heavy (non-hydrogen) atoms. The topological polar surface area (TPSA) is 93.8 Å². The van der Waals surface area contributed by atoms with E-state index in [0.29, 0.717) is 33.2 Å². The fourth-order valence-electron chi connectivity index (χ4n) is 2.64. The highest BCUT2D eigenvalue weighted by molar-refractivity contribution is 7.15. The first kappa shape index (κ1) is 16.3. The number of nitrogens with one attached hydrogen (secondary N) is 1. The quantitative estimate of drug-likeness (QED) is 0.590. The van der Waals surface area contributed by atoms with Crippen molar-refractivity contribution in [3.05, 3.63) is 52.7 Å². The minimum Gasteiger partial charge on any atom is -0.335 e. The van der Waals surface area contributed by atoms with Crippen LogP contribution in [0.2, 0.25) is 0 Å². The number of carbonyl (C=O) groups is 1. The third-order valence-electron chi connectivity index (χ3n) is 3.92. The highest BCUT2D eigenvalue weighted by atomic mass is 32.1. The van der Waals surface area contributed by atoms with Crippen molar-refractivity contribution in [1.29, 1.82) is 0 Å². The van der Waals surface area contributed by atoms with Gasteiger partial charge in [-0.05, 0) is 19.4 Å². The lowest BCUT2D eigenvalue weighted by atomic mass is 10.1.